The lowest BCUT2D eigenvalue weighted by Crippen LogP contribution is -2.28. The molecule has 1 atom stereocenters. The number of nitrogens with zero attached hydrogens (tertiary/aromatic N) is 4. The van der Waals surface area contributed by atoms with Crippen LogP contribution in [0, 0.1) is 6.92 Å². The van der Waals surface area contributed by atoms with E-state index in [0.29, 0.717) is 6.54 Å². The minimum atomic E-state index is -0.0743. The Labute approximate surface area is 163 Å². The smallest absolute Gasteiger partial charge is 0.226 e. The highest BCUT2D eigenvalue weighted by atomic mass is 16.1. The molecule has 1 amide bonds. The number of rotatable bonds is 5. The monoisotopic (exact) mass is 371 g/mol. The first-order valence-electron chi connectivity index (χ1n) is 9.25. The highest BCUT2D eigenvalue weighted by molar-refractivity contribution is 6.15. The molecule has 6 heteroatoms. The highest BCUT2D eigenvalue weighted by Gasteiger charge is 2.19. The van der Waals surface area contributed by atoms with E-state index < -0.39 is 0 Å². The van der Waals surface area contributed by atoms with Gasteiger partial charge in [-0.2, -0.15) is 0 Å². The van der Waals surface area contributed by atoms with E-state index in [-0.39, 0.29) is 18.4 Å². The zero-order valence-electron chi connectivity index (χ0n) is 15.9. The van der Waals surface area contributed by atoms with Crippen molar-refractivity contribution in [2.24, 2.45) is 4.99 Å². The maximum atomic E-state index is 12.4. The van der Waals surface area contributed by atoms with Crippen molar-refractivity contribution in [3.05, 3.63) is 88.8 Å². The molecule has 6 nitrogen and oxygen atoms in total. The lowest BCUT2D eigenvalue weighted by atomic mass is 10.0. The molecular weight excluding hydrogens is 350 g/mol. The van der Waals surface area contributed by atoms with E-state index in [1.165, 1.54) is 0 Å². The van der Waals surface area contributed by atoms with Crippen LogP contribution >= 0.6 is 0 Å². The summed E-state index contributed by atoms with van der Waals surface area (Å²) in [6, 6.07) is 9.70. The van der Waals surface area contributed by atoms with E-state index in [1.54, 1.807) is 18.6 Å². The average Bonchev–Trinajstić information content (AvgIpc) is 3.12. The molecule has 0 unspecified atom stereocenters. The van der Waals surface area contributed by atoms with Crippen molar-refractivity contribution in [2.45, 2.75) is 32.9 Å². The first-order chi connectivity index (χ1) is 13.6. The fourth-order valence-corrected chi connectivity index (χ4v) is 3.37. The van der Waals surface area contributed by atoms with Crippen LogP contribution in [-0.4, -0.2) is 26.6 Å². The Balaban J connectivity index is 1.45. The van der Waals surface area contributed by atoms with Crippen molar-refractivity contribution in [1.29, 1.82) is 0 Å². The molecule has 3 aromatic heterocycles. The minimum absolute atomic E-state index is 0.0549. The van der Waals surface area contributed by atoms with Crippen LogP contribution in [0.3, 0.4) is 0 Å². The van der Waals surface area contributed by atoms with Crippen LogP contribution in [0.15, 0.2) is 60.1 Å². The molecule has 1 aliphatic heterocycles. The Morgan fingerprint density at radius 1 is 1.14 bits per heavy atom. The summed E-state index contributed by atoms with van der Waals surface area (Å²) >= 11 is 0. The number of hydrogen-bond acceptors (Lipinski definition) is 5. The standard InChI is InChI=1S/C22H21N5O/c1-14-9-17(5-8-24-14)22-20-13-25-19(10-18(20)12-26-22)11-21(28)27-15(2)16-3-6-23-7-4-16/h3-10,13,15H,11-12H2,1-2H3,(H,27,28)/t15-/m1/s1. The average molecular weight is 371 g/mol. The van der Waals surface area contributed by atoms with Gasteiger partial charge in [0.2, 0.25) is 5.91 Å². The van der Waals surface area contributed by atoms with Gasteiger partial charge in [-0.25, -0.2) is 0 Å². The Morgan fingerprint density at radius 2 is 1.96 bits per heavy atom. The topological polar surface area (TPSA) is 80.1 Å². The number of pyridine rings is 3. The van der Waals surface area contributed by atoms with Gasteiger partial charge in [0.25, 0.3) is 0 Å². The molecule has 0 aromatic carbocycles. The lowest BCUT2D eigenvalue weighted by Gasteiger charge is -2.14. The van der Waals surface area contributed by atoms with Crippen LogP contribution in [0.4, 0.5) is 0 Å². The predicted molar refractivity (Wildman–Crippen MR) is 107 cm³/mol. The SMILES string of the molecule is Cc1cc(C2=NCc3cc(CC(=O)N[C@H](C)c4ccncc4)ncc32)ccn1. The number of aliphatic imine (C=N–C) groups is 1. The van der Waals surface area contributed by atoms with Gasteiger partial charge in [0.1, 0.15) is 0 Å². The molecule has 0 aliphatic carbocycles. The lowest BCUT2D eigenvalue weighted by molar-refractivity contribution is -0.121. The highest BCUT2D eigenvalue weighted by Crippen LogP contribution is 2.23. The van der Waals surface area contributed by atoms with Gasteiger partial charge < -0.3 is 5.32 Å². The number of aryl methyl sites for hydroxylation is 1. The fourth-order valence-electron chi connectivity index (χ4n) is 3.37. The van der Waals surface area contributed by atoms with Gasteiger partial charge in [0, 0.05) is 41.6 Å². The molecule has 0 fully saturated rings. The zero-order valence-corrected chi connectivity index (χ0v) is 15.9. The summed E-state index contributed by atoms with van der Waals surface area (Å²) in [6.07, 6.45) is 7.31. The van der Waals surface area contributed by atoms with Gasteiger partial charge in [-0.1, -0.05) is 0 Å². The van der Waals surface area contributed by atoms with Crippen molar-refractivity contribution >= 4 is 11.6 Å². The van der Waals surface area contributed by atoms with Crippen molar-refractivity contribution in [1.82, 2.24) is 20.3 Å². The molecule has 140 valence electrons. The van der Waals surface area contributed by atoms with E-state index in [2.05, 4.69) is 25.3 Å². The molecule has 0 radical (unpaired) electrons. The zero-order chi connectivity index (χ0) is 19.5. The van der Waals surface area contributed by atoms with E-state index >= 15 is 0 Å². The third-order valence-electron chi connectivity index (χ3n) is 4.80. The van der Waals surface area contributed by atoms with Crippen molar-refractivity contribution in [3.8, 4) is 0 Å². The van der Waals surface area contributed by atoms with Gasteiger partial charge in [-0.15, -0.1) is 0 Å². The molecule has 3 aromatic rings. The van der Waals surface area contributed by atoms with Gasteiger partial charge >= 0.3 is 0 Å². The third-order valence-corrected chi connectivity index (χ3v) is 4.80. The molecule has 0 saturated carbocycles. The van der Waals surface area contributed by atoms with E-state index in [1.807, 2.05) is 50.4 Å². The number of aromatic nitrogens is 3. The van der Waals surface area contributed by atoms with E-state index in [4.69, 9.17) is 0 Å². The van der Waals surface area contributed by atoms with E-state index in [0.717, 1.165) is 39.4 Å². The Hall–Kier alpha value is -3.41. The minimum Gasteiger partial charge on any atom is -0.349 e. The number of carbonyl (C=O) groups excluding carboxylic acids is 1. The van der Waals surface area contributed by atoms with Crippen LogP contribution in [0.5, 0.6) is 0 Å². The largest absolute Gasteiger partial charge is 0.349 e. The Bertz CT molecular complexity index is 1050. The molecule has 0 spiro atoms. The second-order valence-corrected chi connectivity index (χ2v) is 6.93. The summed E-state index contributed by atoms with van der Waals surface area (Å²) < 4.78 is 0. The van der Waals surface area contributed by atoms with Crippen molar-refractivity contribution < 1.29 is 4.79 Å². The number of fused-ring (bicyclic) bond motifs is 1. The summed E-state index contributed by atoms with van der Waals surface area (Å²) in [5.41, 5.74) is 6.85. The Kier molecular flexibility index (Phi) is 4.93. The summed E-state index contributed by atoms with van der Waals surface area (Å²) in [5, 5.41) is 3.01. The molecule has 1 N–H and O–H groups in total. The van der Waals surface area contributed by atoms with Crippen LogP contribution in [-0.2, 0) is 17.8 Å². The van der Waals surface area contributed by atoms with E-state index in [9.17, 15) is 4.79 Å². The first-order valence-corrected chi connectivity index (χ1v) is 9.25. The maximum Gasteiger partial charge on any atom is 0.226 e. The molecule has 4 heterocycles. The second-order valence-electron chi connectivity index (χ2n) is 6.93. The van der Waals surface area contributed by atoms with Gasteiger partial charge in [-0.05, 0) is 55.3 Å². The Morgan fingerprint density at radius 3 is 2.75 bits per heavy atom. The van der Waals surface area contributed by atoms with Crippen LogP contribution in [0.2, 0.25) is 0 Å². The molecule has 0 saturated heterocycles. The predicted octanol–water partition coefficient (Wildman–Crippen LogP) is 2.95. The van der Waals surface area contributed by atoms with Gasteiger partial charge in [0.15, 0.2) is 0 Å². The van der Waals surface area contributed by atoms with Gasteiger partial charge in [-0.3, -0.25) is 24.7 Å². The van der Waals surface area contributed by atoms with Crippen molar-refractivity contribution in [3.63, 3.8) is 0 Å². The number of carbonyl (C=O) groups is 1. The normalized spacial score (nSPS) is 13.6. The van der Waals surface area contributed by atoms with Crippen LogP contribution in [0.1, 0.15) is 46.6 Å². The third kappa shape index (κ3) is 3.81. The van der Waals surface area contributed by atoms with Gasteiger partial charge in [0.05, 0.1) is 30.4 Å². The molecule has 1 aliphatic rings. The fraction of sp³-hybridized carbons (Fsp3) is 0.227. The summed E-state index contributed by atoms with van der Waals surface area (Å²) in [4.78, 5) is 29.8. The van der Waals surface area contributed by atoms with Crippen molar-refractivity contribution in [2.75, 3.05) is 0 Å². The molecule has 28 heavy (non-hydrogen) atoms. The molecular formula is C22H21N5O. The van der Waals surface area contributed by atoms with Crippen LogP contribution in [0.25, 0.3) is 0 Å². The summed E-state index contributed by atoms with van der Waals surface area (Å²) in [7, 11) is 0. The first kappa shape index (κ1) is 18.0. The molecule has 4 rings (SSSR count). The summed E-state index contributed by atoms with van der Waals surface area (Å²) in [6.45, 7) is 4.53. The number of hydrogen-bond donors (Lipinski definition) is 1. The quantitative estimate of drug-likeness (QED) is 0.748. The maximum absolute atomic E-state index is 12.4. The molecule has 0 bridgehead atoms. The van der Waals surface area contributed by atoms with Crippen LogP contribution < -0.4 is 5.32 Å². The number of amides is 1. The number of nitrogens with one attached hydrogen (secondary N) is 1. The summed E-state index contributed by atoms with van der Waals surface area (Å²) in [5.74, 6) is -0.0549. The second kappa shape index (κ2) is 7.68.